The summed E-state index contributed by atoms with van der Waals surface area (Å²) in [5, 5.41) is 21.0. The lowest BCUT2D eigenvalue weighted by Crippen LogP contribution is -1.93. The number of non-ortho nitro benzene ring substituents is 1. The summed E-state index contributed by atoms with van der Waals surface area (Å²) in [5.41, 5.74) is 1.42. The van der Waals surface area contributed by atoms with Crippen molar-refractivity contribution in [3.63, 3.8) is 0 Å². The normalized spacial score (nSPS) is 10.4. The average molecular weight is 316 g/mol. The first-order valence-corrected chi connectivity index (χ1v) is 6.70. The quantitative estimate of drug-likeness (QED) is 0.564. The molecule has 3 aromatic rings. The van der Waals surface area contributed by atoms with Gasteiger partial charge in [0.1, 0.15) is 0 Å². The van der Waals surface area contributed by atoms with Gasteiger partial charge in [-0.3, -0.25) is 15.2 Å². The van der Waals surface area contributed by atoms with Crippen molar-refractivity contribution in [2.24, 2.45) is 0 Å². The Hall–Kier alpha value is -2.93. The van der Waals surface area contributed by atoms with Gasteiger partial charge in [-0.1, -0.05) is 23.7 Å². The summed E-state index contributed by atoms with van der Waals surface area (Å²) in [6.45, 7) is 0. The lowest BCUT2D eigenvalue weighted by atomic mass is 10.2. The van der Waals surface area contributed by atoms with Crippen LogP contribution in [0.5, 0.6) is 0 Å². The first-order chi connectivity index (χ1) is 10.6. The third-order valence-corrected chi connectivity index (χ3v) is 3.28. The van der Waals surface area contributed by atoms with Crippen LogP contribution in [-0.2, 0) is 0 Å². The maximum atomic E-state index is 10.6. The van der Waals surface area contributed by atoms with E-state index in [1.165, 1.54) is 12.1 Å². The van der Waals surface area contributed by atoms with Crippen molar-refractivity contribution in [1.29, 1.82) is 0 Å². The Morgan fingerprint density at radius 2 is 1.86 bits per heavy atom. The summed E-state index contributed by atoms with van der Waals surface area (Å²) in [6.07, 6.45) is 0. The van der Waals surface area contributed by atoms with Crippen LogP contribution in [0.1, 0.15) is 0 Å². The van der Waals surface area contributed by atoms with E-state index < -0.39 is 4.92 Å². The van der Waals surface area contributed by atoms with Crippen LogP contribution in [0.2, 0.25) is 5.02 Å². The molecule has 0 saturated heterocycles. The molecule has 2 aromatic carbocycles. The first kappa shape index (κ1) is 14.0. The highest BCUT2D eigenvalue weighted by Gasteiger charge is 2.09. The van der Waals surface area contributed by atoms with Crippen LogP contribution in [0.15, 0.2) is 48.5 Å². The predicted molar refractivity (Wildman–Crippen MR) is 83.2 cm³/mol. The topological polar surface area (TPSA) is 96.7 Å². The van der Waals surface area contributed by atoms with Crippen molar-refractivity contribution in [1.82, 2.24) is 15.2 Å². The van der Waals surface area contributed by atoms with Gasteiger partial charge < -0.3 is 5.32 Å². The van der Waals surface area contributed by atoms with Crippen LogP contribution >= 0.6 is 11.6 Å². The second kappa shape index (κ2) is 5.82. The Bertz CT molecular complexity index is 816. The van der Waals surface area contributed by atoms with Crippen LogP contribution in [-0.4, -0.2) is 20.1 Å². The molecule has 0 bridgehead atoms. The third-order valence-electron chi connectivity index (χ3n) is 2.95. The number of hydrogen-bond acceptors (Lipinski definition) is 5. The second-order valence-electron chi connectivity index (χ2n) is 4.42. The SMILES string of the molecule is O=[N+]([O-])c1ccc(Nc2n[nH]c(-c3ccccc3Cl)n2)cc1. The number of aromatic nitrogens is 3. The lowest BCUT2D eigenvalue weighted by Gasteiger charge is -2.00. The summed E-state index contributed by atoms with van der Waals surface area (Å²) in [5.74, 6) is 0.888. The molecule has 0 saturated carbocycles. The Balaban J connectivity index is 1.80. The van der Waals surface area contributed by atoms with Gasteiger partial charge >= 0.3 is 0 Å². The highest BCUT2D eigenvalue weighted by Crippen LogP contribution is 2.25. The Morgan fingerprint density at radius 1 is 1.14 bits per heavy atom. The monoisotopic (exact) mass is 315 g/mol. The number of nitro groups is 1. The zero-order valence-corrected chi connectivity index (χ0v) is 11.9. The standard InChI is InChI=1S/C14H10ClN5O2/c15-12-4-2-1-3-11(12)13-17-14(19-18-13)16-9-5-7-10(8-6-9)20(21)22/h1-8H,(H2,16,17,18,19). The van der Waals surface area contributed by atoms with Gasteiger partial charge in [-0.05, 0) is 24.3 Å². The molecule has 0 unspecified atom stereocenters. The maximum absolute atomic E-state index is 10.6. The van der Waals surface area contributed by atoms with Gasteiger partial charge in [0.15, 0.2) is 5.82 Å². The number of aromatic amines is 1. The Morgan fingerprint density at radius 3 is 2.55 bits per heavy atom. The molecule has 0 atom stereocenters. The molecule has 0 radical (unpaired) electrons. The molecule has 2 N–H and O–H groups in total. The van der Waals surface area contributed by atoms with E-state index in [0.29, 0.717) is 22.5 Å². The smallest absolute Gasteiger partial charge is 0.269 e. The van der Waals surface area contributed by atoms with E-state index in [9.17, 15) is 10.1 Å². The van der Waals surface area contributed by atoms with E-state index in [1.807, 2.05) is 18.2 Å². The van der Waals surface area contributed by atoms with Gasteiger partial charge in [-0.2, -0.15) is 4.98 Å². The summed E-state index contributed by atoms with van der Waals surface area (Å²) >= 11 is 6.10. The molecular formula is C14H10ClN5O2. The van der Waals surface area contributed by atoms with Crippen molar-refractivity contribution in [3.8, 4) is 11.4 Å². The van der Waals surface area contributed by atoms with E-state index in [-0.39, 0.29) is 5.69 Å². The molecule has 22 heavy (non-hydrogen) atoms. The molecule has 0 fully saturated rings. The molecule has 0 amide bonds. The summed E-state index contributed by atoms with van der Waals surface area (Å²) in [7, 11) is 0. The zero-order chi connectivity index (χ0) is 15.5. The summed E-state index contributed by atoms with van der Waals surface area (Å²) in [6, 6.07) is 13.3. The average Bonchev–Trinajstić information content (AvgIpc) is 2.96. The first-order valence-electron chi connectivity index (χ1n) is 6.32. The minimum atomic E-state index is -0.452. The number of nitrogens with one attached hydrogen (secondary N) is 2. The van der Waals surface area contributed by atoms with Crippen molar-refractivity contribution < 1.29 is 4.92 Å². The van der Waals surface area contributed by atoms with Crippen LogP contribution in [0.4, 0.5) is 17.3 Å². The molecule has 8 heteroatoms. The van der Waals surface area contributed by atoms with Crippen LogP contribution in [0.3, 0.4) is 0 Å². The second-order valence-corrected chi connectivity index (χ2v) is 4.82. The summed E-state index contributed by atoms with van der Waals surface area (Å²) in [4.78, 5) is 14.5. The number of benzene rings is 2. The summed E-state index contributed by atoms with van der Waals surface area (Å²) < 4.78 is 0. The van der Waals surface area contributed by atoms with Gasteiger partial charge in [0.25, 0.3) is 5.69 Å². The van der Waals surface area contributed by atoms with Gasteiger partial charge in [0.2, 0.25) is 5.95 Å². The Labute approximate surface area is 130 Å². The van der Waals surface area contributed by atoms with E-state index in [4.69, 9.17) is 11.6 Å². The number of anilines is 2. The molecule has 1 aromatic heterocycles. The van der Waals surface area contributed by atoms with Crippen molar-refractivity contribution in [2.75, 3.05) is 5.32 Å². The third kappa shape index (κ3) is 2.89. The molecule has 0 spiro atoms. The molecular weight excluding hydrogens is 306 g/mol. The van der Waals surface area contributed by atoms with Gasteiger partial charge in [-0.15, -0.1) is 5.10 Å². The molecule has 0 aliphatic rings. The minimum absolute atomic E-state index is 0.0253. The highest BCUT2D eigenvalue weighted by molar-refractivity contribution is 6.33. The number of nitro benzene ring substituents is 1. The Kier molecular flexibility index (Phi) is 3.71. The molecule has 0 aliphatic carbocycles. The maximum Gasteiger partial charge on any atom is 0.269 e. The van der Waals surface area contributed by atoms with Crippen LogP contribution in [0.25, 0.3) is 11.4 Å². The molecule has 0 aliphatic heterocycles. The fourth-order valence-electron chi connectivity index (χ4n) is 1.89. The number of halogens is 1. The van der Waals surface area contributed by atoms with E-state index in [2.05, 4.69) is 20.5 Å². The van der Waals surface area contributed by atoms with Crippen molar-refractivity contribution in [3.05, 3.63) is 63.7 Å². The van der Waals surface area contributed by atoms with Gasteiger partial charge in [0, 0.05) is 23.4 Å². The predicted octanol–water partition coefficient (Wildman–Crippen LogP) is 3.78. The molecule has 3 rings (SSSR count). The highest BCUT2D eigenvalue weighted by atomic mass is 35.5. The lowest BCUT2D eigenvalue weighted by molar-refractivity contribution is -0.384. The number of H-pyrrole nitrogens is 1. The number of rotatable bonds is 4. The molecule has 1 heterocycles. The van der Waals surface area contributed by atoms with Crippen LogP contribution in [0, 0.1) is 10.1 Å². The van der Waals surface area contributed by atoms with Gasteiger partial charge in [0.05, 0.1) is 9.95 Å². The number of nitrogens with zero attached hydrogens (tertiary/aromatic N) is 3. The largest absolute Gasteiger partial charge is 0.323 e. The van der Waals surface area contributed by atoms with E-state index in [0.717, 1.165) is 5.56 Å². The fraction of sp³-hybridized carbons (Fsp3) is 0. The fourth-order valence-corrected chi connectivity index (χ4v) is 2.11. The minimum Gasteiger partial charge on any atom is -0.323 e. The van der Waals surface area contributed by atoms with Crippen molar-refractivity contribution in [2.45, 2.75) is 0 Å². The van der Waals surface area contributed by atoms with Crippen LogP contribution < -0.4 is 5.32 Å². The van der Waals surface area contributed by atoms with Gasteiger partial charge in [-0.25, -0.2) is 0 Å². The zero-order valence-electron chi connectivity index (χ0n) is 11.2. The number of hydrogen-bond donors (Lipinski definition) is 2. The van der Waals surface area contributed by atoms with E-state index >= 15 is 0 Å². The molecule has 7 nitrogen and oxygen atoms in total. The molecule has 110 valence electrons. The van der Waals surface area contributed by atoms with E-state index in [1.54, 1.807) is 18.2 Å². The van der Waals surface area contributed by atoms with Crippen molar-refractivity contribution >= 4 is 28.9 Å².